The molecule has 0 radical (unpaired) electrons. The Morgan fingerprint density at radius 3 is 2.81 bits per heavy atom. The highest BCUT2D eigenvalue weighted by Gasteiger charge is 2.51. The predicted octanol–water partition coefficient (Wildman–Crippen LogP) is 2.57. The fourth-order valence-corrected chi connectivity index (χ4v) is 3.24. The van der Waals surface area contributed by atoms with Crippen LogP contribution in [0.1, 0.15) is 17.5 Å². The van der Waals surface area contributed by atoms with Crippen molar-refractivity contribution in [1.82, 2.24) is 5.32 Å². The van der Waals surface area contributed by atoms with E-state index < -0.39 is 23.2 Å². The first-order chi connectivity index (χ1) is 12.3. The van der Waals surface area contributed by atoms with E-state index >= 15 is 0 Å². The number of carbonyl (C=O) groups is 2. The molecule has 136 valence electrons. The molecule has 7 heteroatoms. The number of rotatable bonds is 4. The molecule has 2 N–H and O–H groups in total. The summed E-state index contributed by atoms with van der Waals surface area (Å²) in [5, 5.41) is 13.3. The molecule has 1 aliphatic heterocycles. The quantitative estimate of drug-likeness (QED) is 0.806. The van der Waals surface area contributed by atoms with Crippen LogP contribution in [-0.2, 0) is 16.1 Å². The Morgan fingerprint density at radius 1 is 1.35 bits per heavy atom. The van der Waals surface area contributed by atoms with Crippen LogP contribution >= 0.6 is 11.6 Å². The van der Waals surface area contributed by atoms with Crippen molar-refractivity contribution in [3.05, 3.63) is 64.4 Å². The number of nitrogens with one attached hydrogen (secondary N) is 1. The molecule has 0 saturated carbocycles. The monoisotopic (exact) mass is 376 g/mol. The fourth-order valence-electron chi connectivity index (χ4n) is 3.00. The second-order valence-electron chi connectivity index (χ2n) is 6.37. The smallest absolute Gasteiger partial charge is 0.268 e. The van der Waals surface area contributed by atoms with Gasteiger partial charge >= 0.3 is 0 Å². The van der Waals surface area contributed by atoms with Crippen LogP contribution in [0.3, 0.4) is 0 Å². The van der Waals surface area contributed by atoms with Crippen LogP contribution in [0.5, 0.6) is 0 Å². The lowest BCUT2D eigenvalue weighted by Gasteiger charge is -2.22. The van der Waals surface area contributed by atoms with Crippen molar-refractivity contribution in [3.8, 4) is 0 Å². The van der Waals surface area contributed by atoms with Gasteiger partial charge in [-0.05, 0) is 48.4 Å². The average molecular weight is 377 g/mol. The molecule has 1 heterocycles. The number of nitrogens with zero attached hydrogens (tertiary/aromatic N) is 1. The molecule has 0 bridgehead atoms. The first-order valence-electron chi connectivity index (χ1n) is 8.14. The van der Waals surface area contributed by atoms with Crippen LogP contribution in [0.25, 0.3) is 0 Å². The second-order valence-corrected chi connectivity index (χ2v) is 6.80. The maximum absolute atomic E-state index is 13.4. The van der Waals surface area contributed by atoms with Crippen LogP contribution in [0.15, 0.2) is 42.5 Å². The summed E-state index contributed by atoms with van der Waals surface area (Å²) in [4.78, 5) is 26.5. The van der Waals surface area contributed by atoms with Gasteiger partial charge in [-0.25, -0.2) is 4.39 Å². The SMILES string of the molecule is Cc1cccc(N2CC[C@](O)(C(=O)NCc3cc(F)cc(Cl)c3)C2=O)c1. The van der Waals surface area contributed by atoms with E-state index in [0.29, 0.717) is 11.3 Å². The minimum Gasteiger partial charge on any atom is -0.372 e. The zero-order valence-electron chi connectivity index (χ0n) is 14.1. The van der Waals surface area contributed by atoms with E-state index in [2.05, 4.69) is 5.32 Å². The number of benzene rings is 2. The van der Waals surface area contributed by atoms with Crippen molar-refractivity contribution in [2.75, 3.05) is 11.4 Å². The Morgan fingerprint density at radius 2 is 2.12 bits per heavy atom. The first-order valence-corrected chi connectivity index (χ1v) is 8.52. The topological polar surface area (TPSA) is 69.6 Å². The Hall–Kier alpha value is -2.44. The maximum atomic E-state index is 13.4. The highest BCUT2D eigenvalue weighted by atomic mass is 35.5. The number of halogens is 2. The largest absolute Gasteiger partial charge is 0.372 e. The van der Waals surface area contributed by atoms with E-state index in [1.165, 1.54) is 17.0 Å². The molecule has 2 aromatic carbocycles. The summed E-state index contributed by atoms with van der Waals surface area (Å²) < 4.78 is 13.4. The number of hydrogen-bond acceptors (Lipinski definition) is 3. The summed E-state index contributed by atoms with van der Waals surface area (Å²) in [6.07, 6.45) is -0.0183. The number of amides is 2. The molecule has 1 fully saturated rings. The Balaban J connectivity index is 1.71. The Kier molecular flexibility index (Phi) is 4.98. The van der Waals surface area contributed by atoms with Crippen molar-refractivity contribution < 1.29 is 19.1 Å². The third kappa shape index (κ3) is 3.57. The van der Waals surface area contributed by atoms with Gasteiger partial charge in [-0.2, -0.15) is 0 Å². The van der Waals surface area contributed by atoms with Gasteiger partial charge in [0.05, 0.1) is 0 Å². The third-order valence-corrected chi connectivity index (χ3v) is 4.58. The Bertz CT molecular complexity index is 853. The minimum atomic E-state index is -2.14. The lowest BCUT2D eigenvalue weighted by Crippen LogP contribution is -2.52. The molecule has 0 spiro atoms. The van der Waals surface area contributed by atoms with Gasteiger partial charge in [0.2, 0.25) is 5.60 Å². The van der Waals surface area contributed by atoms with Gasteiger partial charge in [0.25, 0.3) is 11.8 Å². The molecule has 1 aliphatic rings. The summed E-state index contributed by atoms with van der Waals surface area (Å²) in [5.41, 5.74) is -0.0947. The zero-order chi connectivity index (χ0) is 18.9. The summed E-state index contributed by atoms with van der Waals surface area (Å²) >= 11 is 5.78. The molecule has 0 unspecified atom stereocenters. The van der Waals surface area contributed by atoms with E-state index in [9.17, 15) is 19.1 Å². The summed E-state index contributed by atoms with van der Waals surface area (Å²) in [6.45, 7) is 2.08. The van der Waals surface area contributed by atoms with E-state index in [0.717, 1.165) is 11.6 Å². The third-order valence-electron chi connectivity index (χ3n) is 4.36. The number of hydrogen-bond donors (Lipinski definition) is 2. The van der Waals surface area contributed by atoms with Gasteiger partial charge in [-0.3, -0.25) is 9.59 Å². The fraction of sp³-hybridized carbons (Fsp3) is 0.263. The van der Waals surface area contributed by atoms with E-state index in [-0.39, 0.29) is 24.5 Å². The molecule has 3 rings (SSSR count). The molecule has 2 amide bonds. The van der Waals surface area contributed by atoms with Crippen molar-refractivity contribution in [2.24, 2.45) is 0 Å². The van der Waals surface area contributed by atoms with Gasteiger partial charge in [0, 0.05) is 30.2 Å². The van der Waals surface area contributed by atoms with E-state index in [4.69, 9.17) is 11.6 Å². The highest BCUT2D eigenvalue weighted by molar-refractivity contribution is 6.30. The maximum Gasteiger partial charge on any atom is 0.268 e. The van der Waals surface area contributed by atoms with Crippen molar-refractivity contribution in [2.45, 2.75) is 25.5 Å². The summed E-state index contributed by atoms with van der Waals surface area (Å²) in [5.74, 6) is -2.00. The van der Waals surface area contributed by atoms with E-state index in [1.54, 1.807) is 6.07 Å². The van der Waals surface area contributed by atoms with Crippen molar-refractivity contribution in [3.63, 3.8) is 0 Å². The molecular weight excluding hydrogens is 359 g/mol. The number of aryl methyl sites for hydroxylation is 1. The number of carbonyl (C=O) groups excluding carboxylic acids is 2. The van der Waals surface area contributed by atoms with Gasteiger partial charge in [0.15, 0.2) is 0 Å². The molecule has 2 aromatic rings. The standard InChI is InChI=1S/C19H18ClFN2O3/c1-12-3-2-4-16(7-12)23-6-5-19(26,18(23)25)17(24)22-11-13-8-14(20)10-15(21)9-13/h2-4,7-10,26H,5-6,11H2,1H3,(H,22,24)/t19-/m0/s1. The van der Waals surface area contributed by atoms with Crippen LogP contribution in [0, 0.1) is 12.7 Å². The van der Waals surface area contributed by atoms with Gasteiger partial charge < -0.3 is 15.3 Å². The van der Waals surface area contributed by atoms with Gasteiger partial charge in [-0.1, -0.05) is 23.7 Å². The van der Waals surface area contributed by atoms with Gasteiger partial charge in [0.1, 0.15) is 5.82 Å². The molecule has 5 nitrogen and oxygen atoms in total. The lowest BCUT2D eigenvalue weighted by molar-refractivity contribution is -0.149. The summed E-state index contributed by atoms with van der Waals surface area (Å²) in [6, 6.07) is 11.2. The first kappa shape index (κ1) is 18.4. The highest BCUT2D eigenvalue weighted by Crippen LogP contribution is 2.29. The van der Waals surface area contributed by atoms with Crippen LogP contribution < -0.4 is 10.2 Å². The zero-order valence-corrected chi connectivity index (χ0v) is 14.9. The van der Waals surface area contributed by atoms with Crippen LogP contribution in [0.2, 0.25) is 5.02 Å². The molecule has 0 aliphatic carbocycles. The minimum absolute atomic E-state index is 0.0183. The van der Waals surface area contributed by atoms with Crippen molar-refractivity contribution >= 4 is 29.1 Å². The van der Waals surface area contributed by atoms with Crippen LogP contribution in [-0.4, -0.2) is 29.1 Å². The second kappa shape index (κ2) is 7.05. The van der Waals surface area contributed by atoms with Gasteiger partial charge in [-0.15, -0.1) is 0 Å². The molecule has 0 aromatic heterocycles. The number of anilines is 1. The van der Waals surface area contributed by atoms with Crippen LogP contribution in [0.4, 0.5) is 10.1 Å². The average Bonchev–Trinajstić information content (AvgIpc) is 2.88. The summed E-state index contributed by atoms with van der Waals surface area (Å²) in [7, 11) is 0. The van der Waals surface area contributed by atoms with Crippen molar-refractivity contribution in [1.29, 1.82) is 0 Å². The normalized spacial score (nSPS) is 19.7. The Labute approximate surface area is 155 Å². The lowest BCUT2D eigenvalue weighted by atomic mass is 10.0. The molecule has 1 saturated heterocycles. The molecule has 1 atom stereocenters. The van der Waals surface area contributed by atoms with E-state index in [1.807, 2.05) is 25.1 Å². The predicted molar refractivity (Wildman–Crippen MR) is 96.4 cm³/mol. The molecular formula is C19H18ClFN2O3. The number of aliphatic hydroxyl groups is 1. The molecule has 26 heavy (non-hydrogen) atoms.